The Balaban J connectivity index is 1.49. The predicted molar refractivity (Wildman–Crippen MR) is 124 cm³/mol. The van der Waals surface area contributed by atoms with Crippen LogP contribution >= 0.6 is 11.6 Å². The Kier molecular flexibility index (Phi) is 8.48. The molecule has 0 saturated carbocycles. The van der Waals surface area contributed by atoms with Crippen LogP contribution in [0.15, 0.2) is 60.9 Å². The van der Waals surface area contributed by atoms with Crippen molar-refractivity contribution in [1.82, 2.24) is 0 Å². The molecule has 4 nitrogen and oxygen atoms in total. The SMILES string of the molecule is C=CCCCCCCCCC(=O)Oc1ccc2c(c1)C(=O)/C(=C/c1cccc(Cl)c1)O2. The topological polar surface area (TPSA) is 52.6 Å². The molecule has 2 aromatic carbocycles. The smallest absolute Gasteiger partial charge is 0.311 e. The Bertz CT molecular complexity index is 977. The number of carbonyl (C=O) groups is 2. The van der Waals surface area contributed by atoms with E-state index < -0.39 is 0 Å². The number of halogens is 1. The molecule has 0 atom stereocenters. The lowest BCUT2D eigenvalue weighted by atomic mass is 10.1. The molecule has 5 heteroatoms. The van der Waals surface area contributed by atoms with Gasteiger partial charge in [-0.05, 0) is 61.2 Å². The van der Waals surface area contributed by atoms with Crippen LogP contribution in [0.2, 0.25) is 5.02 Å². The second-order valence-electron chi connectivity index (χ2n) is 7.58. The van der Waals surface area contributed by atoms with E-state index in [1.54, 1.807) is 36.4 Å². The van der Waals surface area contributed by atoms with Crippen molar-refractivity contribution in [3.63, 3.8) is 0 Å². The molecule has 0 bridgehead atoms. The summed E-state index contributed by atoms with van der Waals surface area (Å²) in [6.45, 7) is 3.72. The first-order valence-electron chi connectivity index (χ1n) is 10.7. The van der Waals surface area contributed by atoms with E-state index in [1.165, 1.54) is 19.3 Å². The summed E-state index contributed by atoms with van der Waals surface area (Å²) >= 11 is 6.00. The number of unbranched alkanes of at least 4 members (excludes halogenated alkanes) is 6. The van der Waals surface area contributed by atoms with Crippen molar-refractivity contribution >= 4 is 29.4 Å². The first-order chi connectivity index (χ1) is 15.1. The fourth-order valence-corrected chi connectivity index (χ4v) is 3.63. The lowest BCUT2D eigenvalue weighted by Gasteiger charge is -2.05. The summed E-state index contributed by atoms with van der Waals surface area (Å²) < 4.78 is 11.1. The van der Waals surface area contributed by atoms with Crippen LogP contribution in [0, 0.1) is 0 Å². The van der Waals surface area contributed by atoms with Gasteiger partial charge in [-0.2, -0.15) is 0 Å². The van der Waals surface area contributed by atoms with Crippen molar-refractivity contribution in [2.75, 3.05) is 0 Å². The number of fused-ring (bicyclic) bond motifs is 1. The Morgan fingerprint density at radius 3 is 2.58 bits per heavy atom. The van der Waals surface area contributed by atoms with E-state index in [-0.39, 0.29) is 17.5 Å². The van der Waals surface area contributed by atoms with Crippen molar-refractivity contribution in [3.05, 3.63) is 77.0 Å². The molecule has 2 aromatic rings. The molecular weight excluding hydrogens is 412 g/mol. The quantitative estimate of drug-likeness (QED) is 0.123. The Morgan fingerprint density at radius 2 is 1.81 bits per heavy atom. The zero-order valence-electron chi connectivity index (χ0n) is 17.6. The Hall–Kier alpha value is -2.85. The van der Waals surface area contributed by atoms with Crippen LogP contribution in [0.3, 0.4) is 0 Å². The average Bonchev–Trinajstić information content (AvgIpc) is 3.05. The average molecular weight is 439 g/mol. The van der Waals surface area contributed by atoms with Crippen molar-refractivity contribution in [2.45, 2.75) is 51.4 Å². The summed E-state index contributed by atoms with van der Waals surface area (Å²) in [5.41, 5.74) is 1.16. The molecule has 1 heterocycles. The molecule has 162 valence electrons. The predicted octanol–water partition coefficient (Wildman–Crippen LogP) is 7.17. The van der Waals surface area contributed by atoms with E-state index in [0.29, 0.717) is 28.5 Å². The van der Waals surface area contributed by atoms with Crippen molar-refractivity contribution in [2.24, 2.45) is 0 Å². The molecule has 0 aliphatic carbocycles. The van der Waals surface area contributed by atoms with Gasteiger partial charge >= 0.3 is 5.97 Å². The maximum absolute atomic E-state index is 12.7. The number of hydrogen-bond acceptors (Lipinski definition) is 4. The van der Waals surface area contributed by atoms with Gasteiger partial charge < -0.3 is 9.47 Å². The standard InChI is InChI=1S/C26H27ClO4/c1-2-3-4-5-6-7-8-9-13-25(28)30-21-14-15-23-22(18-21)26(29)24(31-23)17-19-11-10-12-20(27)16-19/h2,10-12,14-18H,1,3-9,13H2/b24-17-. The minimum Gasteiger partial charge on any atom is -0.452 e. The molecule has 31 heavy (non-hydrogen) atoms. The highest BCUT2D eigenvalue weighted by Crippen LogP contribution is 2.34. The molecule has 0 N–H and O–H groups in total. The number of carbonyl (C=O) groups excluding carboxylic acids is 2. The Labute approximate surface area is 188 Å². The molecule has 0 unspecified atom stereocenters. The number of ether oxygens (including phenoxy) is 2. The summed E-state index contributed by atoms with van der Waals surface area (Å²) in [4.78, 5) is 24.8. The number of esters is 1. The maximum atomic E-state index is 12.7. The van der Waals surface area contributed by atoms with E-state index in [4.69, 9.17) is 21.1 Å². The number of rotatable bonds is 11. The minimum atomic E-state index is -0.285. The number of benzene rings is 2. The highest BCUT2D eigenvalue weighted by molar-refractivity contribution is 6.30. The molecule has 3 rings (SSSR count). The molecule has 0 saturated heterocycles. The van der Waals surface area contributed by atoms with Crippen LogP contribution in [-0.2, 0) is 4.79 Å². The third kappa shape index (κ3) is 6.83. The van der Waals surface area contributed by atoms with Crippen LogP contribution < -0.4 is 9.47 Å². The molecule has 1 aliphatic rings. The number of allylic oxidation sites excluding steroid dienone is 2. The van der Waals surface area contributed by atoms with Gasteiger partial charge in [-0.25, -0.2) is 0 Å². The molecule has 0 radical (unpaired) electrons. The maximum Gasteiger partial charge on any atom is 0.311 e. The summed E-state index contributed by atoms with van der Waals surface area (Å²) in [5, 5.41) is 0.583. The lowest BCUT2D eigenvalue weighted by Crippen LogP contribution is -2.07. The minimum absolute atomic E-state index is 0.217. The molecular formula is C26H27ClO4. The van der Waals surface area contributed by atoms with Crippen LogP contribution in [0.5, 0.6) is 11.5 Å². The zero-order chi connectivity index (χ0) is 22.1. The molecule has 1 aliphatic heterocycles. The highest BCUT2D eigenvalue weighted by atomic mass is 35.5. The fourth-order valence-electron chi connectivity index (χ4n) is 3.43. The van der Waals surface area contributed by atoms with E-state index in [2.05, 4.69) is 6.58 Å². The second-order valence-corrected chi connectivity index (χ2v) is 8.01. The lowest BCUT2D eigenvalue weighted by molar-refractivity contribution is -0.134. The van der Waals surface area contributed by atoms with Gasteiger partial charge in [0, 0.05) is 11.4 Å². The van der Waals surface area contributed by atoms with Gasteiger partial charge in [0.2, 0.25) is 5.78 Å². The number of ketones is 1. The van der Waals surface area contributed by atoms with E-state index in [1.807, 2.05) is 18.2 Å². The number of Topliss-reactive ketones (excluding diaryl/α,β-unsaturated/α-hetero) is 1. The highest BCUT2D eigenvalue weighted by Gasteiger charge is 2.28. The van der Waals surface area contributed by atoms with E-state index in [9.17, 15) is 9.59 Å². The monoisotopic (exact) mass is 438 g/mol. The van der Waals surface area contributed by atoms with Gasteiger partial charge in [-0.15, -0.1) is 6.58 Å². The normalized spacial score (nSPS) is 13.7. The summed E-state index contributed by atoms with van der Waals surface area (Å²) in [6.07, 6.45) is 11.5. The summed E-state index contributed by atoms with van der Waals surface area (Å²) in [6, 6.07) is 12.0. The fraction of sp³-hybridized carbons (Fsp3) is 0.308. The summed E-state index contributed by atoms with van der Waals surface area (Å²) in [7, 11) is 0. The van der Waals surface area contributed by atoms with Crippen LogP contribution in [0.1, 0.15) is 67.3 Å². The van der Waals surface area contributed by atoms with E-state index in [0.717, 1.165) is 31.2 Å². The van der Waals surface area contributed by atoms with Gasteiger partial charge in [0.1, 0.15) is 11.5 Å². The second kappa shape index (κ2) is 11.5. The van der Waals surface area contributed by atoms with Crippen molar-refractivity contribution in [3.8, 4) is 11.5 Å². The molecule has 0 aromatic heterocycles. The van der Waals surface area contributed by atoms with Gasteiger partial charge in [-0.3, -0.25) is 9.59 Å². The van der Waals surface area contributed by atoms with Crippen LogP contribution in [0.25, 0.3) is 6.08 Å². The van der Waals surface area contributed by atoms with Gasteiger partial charge in [0.05, 0.1) is 5.56 Å². The number of hydrogen-bond donors (Lipinski definition) is 0. The summed E-state index contributed by atoms with van der Waals surface area (Å²) in [5.74, 6) is 0.495. The van der Waals surface area contributed by atoms with Crippen LogP contribution in [-0.4, -0.2) is 11.8 Å². The van der Waals surface area contributed by atoms with Crippen molar-refractivity contribution < 1.29 is 19.1 Å². The zero-order valence-corrected chi connectivity index (χ0v) is 18.3. The third-order valence-electron chi connectivity index (χ3n) is 5.06. The van der Waals surface area contributed by atoms with Crippen molar-refractivity contribution in [1.29, 1.82) is 0 Å². The third-order valence-corrected chi connectivity index (χ3v) is 5.29. The first-order valence-corrected chi connectivity index (χ1v) is 11.1. The van der Waals surface area contributed by atoms with Gasteiger partial charge in [0.15, 0.2) is 5.76 Å². The largest absolute Gasteiger partial charge is 0.452 e. The van der Waals surface area contributed by atoms with E-state index >= 15 is 0 Å². The van der Waals surface area contributed by atoms with Gasteiger partial charge in [0.25, 0.3) is 0 Å². The molecule has 0 amide bonds. The molecule has 0 fully saturated rings. The molecule has 0 spiro atoms. The van der Waals surface area contributed by atoms with Crippen LogP contribution in [0.4, 0.5) is 0 Å². The first kappa shape index (κ1) is 22.8. The van der Waals surface area contributed by atoms with Gasteiger partial charge in [-0.1, -0.05) is 55.5 Å². The Morgan fingerprint density at radius 1 is 1.03 bits per heavy atom.